The number of cyclic esters (lactones) is 1. The van der Waals surface area contributed by atoms with Crippen LogP contribution in [-0.4, -0.2) is 31.2 Å². The van der Waals surface area contributed by atoms with Crippen molar-refractivity contribution in [2.75, 3.05) is 23.3 Å². The van der Waals surface area contributed by atoms with Gasteiger partial charge >= 0.3 is 12.3 Å². The van der Waals surface area contributed by atoms with Gasteiger partial charge in [0.1, 0.15) is 6.10 Å². The van der Waals surface area contributed by atoms with Crippen LogP contribution in [0.5, 0.6) is 0 Å². The molecule has 1 fully saturated rings. The molecule has 2 N–H and O–H groups in total. The largest absolute Gasteiger partial charge is 0.442 e. The summed E-state index contributed by atoms with van der Waals surface area (Å²) in [5.74, 6) is -0.314. The number of ether oxygens (including phenoxy) is 1. The lowest BCUT2D eigenvalue weighted by molar-refractivity contribution is -0.136. The molecule has 1 atom stereocenters. The number of rotatable bonds is 5. The second kappa shape index (κ2) is 8.44. The van der Waals surface area contributed by atoms with E-state index in [1.54, 1.807) is 6.07 Å². The minimum atomic E-state index is -4.74. The highest BCUT2D eigenvalue weighted by Gasteiger charge is 2.37. The Hall–Kier alpha value is -3.56. The van der Waals surface area contributed by atoms with Crippen LogP contribution in [-0.2, 0) is 15.7 Å². The third-order valence-electron chi connectivity index (χ3n) is 4.34. The summed E-state index contributed by atoms with van der Waals surface area (Å²) < 4.78 is 46.1. The van der Waals surface area contributed by atoms with E-state index in [0.717, 1.165) is 17.0 Å². The van der Waals surface area contributed by atoms with Gasteiger partial charge in [-0.1, -0.05) is 18.2 Å². The van der Waals surface area contributed by atoms with Crippen LogP contribution < -0.4 is 21.0 Å². The summed E-state index contributed by atoms with van der Waals surface area (Å²) in [6, 6.07) is 10.5. The van der Waals surface area contributed by atoms with Crippen molar-refractivity contribution in [2.24, 2.45) is 0 Å². The molecule has 1 heterocycles. The summed E-state index contributed by atoms with van der Waals surface area (Å²) >= 11 is 0. The van der Waals surface area contributed by atoms with Crippen LogP contribution in [0.15, 0.2) is 53.3 Å². The molecule has 0 bridgehead atoms. The number of halogens is 3. The third kappa shape index (κ3) is 4.88. The van der Waals surface area contributed by atoms with Gasteiger partial charge in [-0.25, -0.2) is 4.79 Å². The molecule has 0 aliphatic carbocycles. The second-order valence-corrected chi connectivity index (χ2v) is 6.59. The second-order valence-electron chi connectivity index (χ2n) is 6.59. The highest BCUT2D eigenvalue weighted by Crippen LogP contribution is 2.38. The Morgan fingerprint density at radius 3 is 2.57 bits per heavy atom. The molecule has 10 heteroatoms. The van der Waals surface area contributed by atoms with Crippen molar-refractivity contribution in [3.63, 3.8) is 0 Å². The van der Waals surface area contributed by atoms with Crippen LogP contribution in [0.4, 0.5) is 35.0 Å². The van der Waals surface area contributed by atoms with E-state index in [4.69, 9.17) is 4.74 Å². The molecule has 2 aromatic rings. The summed E-state index contributed by atoms with van der Waals surface area (Å²) in [4.78, 5) is 36.2. The molecule has 2 amide bonds. The Labute approximate surface area is 169 Å². The first kappa shape index (κ1) is 21.2. The van der Waals surface area contributed by atoms with E-state index in [-0.39, 0.29) is 36.1 Å². The molecule has 2 aromatic carbocycles. The number of nitrogens with zero attached hydrogens (tertiary/aromatic N) is 1. The topological polar surface area (TPSA) is 87.7 Å². The number of hydrogen-bond donors (Lipinski definition) is 2. The quantitative estimate of drug-likeness (QED) is 0.774. The van der Waals surface area contributed by atoms with E-state index >= 15 is 0 Å². The summed E-state index contributed by atoms with van der Waals surface area (Å²) in [6.45, 7) is 1.35. The van der Waals surface area contributed by atoms with Crippen molar-refractivity contribution in [3.8, 4) is 0 Å². The standard InChI is InChI=1S/C20H18F3N3O4/c1-12(27)24-10-14-11-26(19(29)30-14)13-7-8-16(15(9-13)20(21,22)23)25-17-5-3-2-4-6-18(17)28/h2-9,14H,10-11H2,1H3,(H,24,27)(H,25,28). The van der Waals surface area contributed by atoms with Gasteiger partial charge in [-0.15, -0.1) is 0 Å². The number of anilines is 3. The Balaban J connectivity index is 1.90. The van der Waals surface area contributed by atoms with E-state index in [2.05, 4.69) is 10.6 Å². The maximum Gasteiger partial charge on any atom is 0.418 e. The van der Waals surface area contributed by atoms with Crippen LogP contribution in [0.1, 0.15) is 12.5 Å². The molecular weight excluding hydrogens is 403 g/mol. The van der Waals surface area contributed by atoms with Crippen molar-refractivity contribution >= 4 is 29.1 Å². The number of amides is 2. The van der Waals surface area contributed by atoms with Gasteiger partial charge in [0.05, 0.1) is 30.0 Å². The maximum atomic E-state index is 13.7. The summed E-state index contributed by atoms with van der Waals surface area (Å²) in [5.41, 5.74) is -1.86. The monoisotopic (exact) mass is 421 g/mol. The predicted molar refractivity (Wildman–Crippen MR) is 104 cm³/mol. The molecule has 0 aromatic heterocycles. The van der Waals surface area contributed by atoms with Crippen LogP contribution in [0, 0.1) is 0 Å². The Bertz CT molecular complexity index is 1030. The van der Waals surface area contributed by atoms with Gasteiger partial charge in [0.2, 0.25) is 11.3 Å². The molecule has 0 saturated carbocycles. The first-order valence-electron chi connectivity index (χ1n) is 8.95. The Kier molecular flexibility index (Phi) is 5.95. The number of hydrogen-bond acceptors (Lipinski definition) is 5. The van der Waals surface area contributed by atoms with Gasteiger partial charge in [0.25, 0.3) is 0 Å². The van der Waals surface area contributed by atoms with Gasteiger partial charge < -0.3 is 15.4 Å². The molecule has 3 rings (SSSR count). The first-order chi connectivity index (χ1) is 14.1. The van der Waals surface area contributed by atoms with Crippen molar-refractivity contribution in [1.29, 1.82) is 0 Å². The van der Waals surface area contributed by atoms with E-state index in [1.807, 2.05) is 0 Å². The summed E-state index contributed by atoms with van der Waals surface area (Å²) in [5, 5.41) is 5.02. The van der Waals surface area contributed by atoms with Gasteiger partial charge in [-0.05, 0) is 30.3 Å². The fraction of sp³-hybridized carbons (Fsp3) is 0.250. The fourth-order valence-corrected chi connectivity index (χ4v) is 2.92. The van der Waals surface area contributed by atoms with Crippen LogP contribution in [0.2, 0.25) is 0 Å². The molecule has 0 radical (unpaired) electrons. The molecule has 0 spiro atoms. The van der Waals surface area contributed by atoms with Gasteiger partial charge in [-0.2, -0.15) is 13.2 Å². The van der Waals surface area contributed by atoms with Crippen molar-refractivity contribution < 1.29 is 27.5 Å². The Morgan fingerprint density at radius 1 is 1.13 bits per heavy atom. The van der Waals surface area contributed by atoms with Crippen molar-refractivity contribution in [2.45, 2.75) is 19.2 Å². The predicted octanol–water partition coefficient (Wildman–Crippen LogP) is 3.27. The zero-order valence-corrected chi connectivity index (χ0v) is 15.8. The number of benzene rings is 1. The lowest BCUT2D eigenvalue weighted by Crippen LogP contribution is -2.33. The first-order valence-corrected chi connectivity index (χ1v) is 8.95. The number of carbonyl (C=O) groups excluding carboxylic acids is 2. The SMILES string of the molecule is CC(=O)NCC1CN(c2ccc(Nc3cccccc3=O)c(C(F)(F)F)c2)C(=O)O1. The fourth-order valence-electron chi connectivity index (χ4n) is 2.92. The van der Waals surface area contributed by atoms with E-state index in [1.165, 1.54) is 37.3 Å². The van der Waals surface area contributed by atoms with Crippen LogP contribution in [0.25, 0.3) is 0 Å². The van der Waals surface area contributed by atoms with Gasteiger partial charge in [-0.3, -0.25) is 14.5 Å². The summed E-state index contributed by atoms with van der Waals surface area (Å²) in [6.07, 6.45) is -6.23. The smallest absolute Gasteiger partial charge is 0.418 e. The van der Waals surface area contributed by atoms with E-state index in [0.29, 0.717) is 0 Å². The highest BCUT2D eigenvalue weighted by molar-refractivity contribution is 5.90. The average molecular weight is 421 g/mol. The average Bonchev–Trinajstić information content (AvgIpc) is 2.92. The highest BCUT2D eigenvalue weighted by atomic mass is 19.4. The minimum Gasteiger partial charge on any atom is -0.442 e. The van der Waals surface area contributed by atoms with Crippen molar-refractivity contribution in [1.82, 2.24) is 5.32 Å². The zero-order valence-electron chi connectivity index (χ0n) is 15.8. The number of alkyl halides is 3. The summed E-state index contributed by atoms with van der Waals surface area (Å²) in [7, 11) is 0. The minimum absolute atomic E-state index is 0.0100. The molecule has 1 aliphatic heterocycles. The van der Waals surface area contributed by atoms with E-state index < -0.39 is 29.4 Å². The zero-order chi connectivity index (χ0) is 21.9. The van der Waals surface area contributed by atoms with Gasteiger partial charge in [0.15, 0.2) is 0 Å². The molecule has 1 unspecified atom stereocenters. The lowest BCUT2D eigenvalue weighted by Gasteiger charge is -2.19. The molecular formula is C20H18F3N3O4. The molecule has 1 saturated heterocycles. The third-order valence-corrected chi connectivity index (χ3v) is 4.34. The molecule has 1 aliphatic rings. The van der Waals surface area contributed by atoms with Crippen LogP contribution >= 0.6 is 0 Å². The number of carbonyl (C=O) groups is 2. The van der Waals surface area contributed by atoms with Gasteiger partial charge in [0, 0.05) is 12.6 Å². The maximum absolute atomic E-state index is 13.7. The normalized spacial score (nSPS) is 16.2. The van der Waals surface area contributed by atoms with Crippen molar-refractivity contribution in [3.05, 3.63) is 64.3 Å². The number of nitrogens with one attached hydrogen (secondary N) is 2. The Morgan fingerprint density at radius 2 is 1.87 bits per heavy atom. The molecule has 7 nitrogen and oxygen atoms in total. The van der Waals surface area contributed by atoms with Crippen LogP contribution in [0.3, 0.4) is 0 Å². The van der Waals surface area contributed by atoms with E-state index in [9.17, 15) is 27.6 Å². The lowest BCUT2D eigenvalue weighted by atomic mass is 10.1. The molecule has 158 valence electrons. The molecule has 30 heavy (non-hydrogen) atoms.